The predicted molar refractivity (Wildman–Crippen MR) is 59.9 cm³/mol. The smallest absolute Gasteiger partial charge is 0.239 e. The molecule has 0 aromatic carbocycles. The van der Waals surface area contributed by atoms with E-state index in [1.54, 1.807) is 23.9 Å². The van der Waals surface area contributed by atoms with E-state index >= 15 is 0 Å². The van der Waals surface area contributed by atoms with E-state index in [0.29, 0.717) is 13.2 Å². The van der Waals surface area contributed by atoms with Crippen molar-refractivity contribution >= 4 is 5.91 Å². The summed E-state index contributed by atoms with van der Waals surface area (Å²) in [6, 6.07) is 3.60. The van der Waals surface area contributed by atoms with Gasteiger partial charge in [-0.2, -0.15) is 0 Å². The Kier molecular flexibility index (Phi) is 5.60. The van der Waals surface area contributed by atoms with E-state index in [2.05, 4.69) is 5.32 Å². The van der Waals surface area contributed by atoms with Gasteiger partial charge in [-0.25, -0.2) is 0 Å². The number of aromatic nitrogens is 1. The van der Waals surface area contributed by atoms with Crippen LogP contribution >= 0.6 is 0 Å². The number of carbonyl (C=O) groups is 1. The molecule has 0 spiro atoms. The summed E-state index contributed by atoms with van der Waals surface area (Å²) in [7, 11) is 1.63. The summed E-state index contributed by atoms with van der Waals surface area (Å²) < 4.78 is 6.60. The Morgan fingerprint density at radius 1 is 1.62 bits per heavy atom. The van der Waals surface area contributed by atoms with E-state index < -0.39 is 0 Å². The highest BCUT2D eigenvalue weighted by Gasteiger charge is 2.04. The maximum absolute atomic E-state index is 11.5. The molecular weight excluding hydrogens is 208 g/mol. The number of carbonyl (C=O) groups excluding carboxylic acids is 1. The summed E-state index contributed by atoms with van der Waals surface area (Å²) >= 11 is 0. The molecule has 1 aromatic rings. The fraction of sp³-hybridized carbons (Fsp3) is 0.545. The quantitative estimate of drug-likeness (QED) is 0.650. The fourth-order valence-electron chi connectivity index (χ4n) is 1.40. The van der Waals surface area contributed by atoms with Crippen LogP contribution in [0.4, 0.5) is 0 Å². The Morgan fingerprint density at radius 2 is 2.44 bits per heavy atom. The van der Waals surface area contributed by atoms with Crippen molar-refractivity contribution in [3.63, 3.8) is 0 Å². The molecule has 16 heavy (non-hydrogen) atoms. The Bertz CT molecular complexity index is 323. The van der Waals surface area contributed by atoms with E-state index in [1.807, 2.05) is 6.07 Å². The maximum Gasteiger partial charge on any atom is 0.239 e. The normalized spacial score (nSPS) is 10.4. The van der Waals surface area contributed by atoms with Gasteiger partial charge in [-0.15, -0.1) is 0 Å². The zero-order valence-electron chi connectivity index (χ0n) is 9.48. The summed E-state index contributed by atoms with van der Waals surface area (Å²) in [4.78, 5) is 11.5. The summed E-state index contributed by atoms with van der Waals surface area (Å²) in [5.74, 6) is -0.0537. The number of hydrogen-bond acceptors (Lipinski definition) is 3. The molecule has 1 aromatic heterocycles. The molecule has 1 amide bonds. The highest BCUT2D eigenvalue weighted by Crippen LogP contribution is 2.01. The summed E-state index contributed by atoms with van der Waals surface area (Å²) in [6.45, 7) is 1.45. The second-order valence-corrected chi connectivity index (χ2v) is 3.48. The molecular formula is C11H18N2O3. The summed E-state index contributed by atoms with van der Waals surface area (Å²) in [6.07, 6.45) is 2.58. The Morgan fingerprint density at radius 3 is 3.12 bits per heavy atom. The van der Waals surface area contributed by atoms with Gasteiger partial charge in [-0.05, 0) is 18.6 Å². The van der Waals surface area contributed by atoms with Gasteiger partial charge in [0.15, 0.2) is 0 Å². The third kappa shape index (κ3) is 4.04. The molecule has 2 N–H and O–H groups in total. The first-order valence-corrected chi connectivity index (χ1v) is 5.28. The summed E-state index contributed by atoms with van der Waals surface area (Å²) in [5, 5.41) is 11.8. The zero-order valence-corrected chi connectivity index (χ0v) is 9.48. The third-order valence-electron chi connectivity index (χ3n) is 2.25. The van der Waals surface area contributed by atoms with Gasteiger partial charge >= 0.3 is 0 Å². The van der Waals surface area contributed by atoms with Gasteiger partial charge in [0.2, 0.25) is 5.91 Å². The van der Waals surface area contributed by atoms with E-state index in [1.165, 1.54) is 0 Å². The van der Waals surface area contributed by atoms with Crippen molar-refractivity contribution < 1.29 is 14.6 Å². The van der Waals surface area contributed by atoms with Crippen molar-refractivity contribution in [1.29, 1.82) is 0 Å². The van der Waals surface area contributed by atoms with Crippen LogP contribution in [0.25, 0.3) is 0 Å². The lowest BCUT2D eigenvalue weighted by atomic mass is 10.4. The summed E-state index contributed by atoms with van der Waals surface area (Å²) in [5.41, 5.74) is 0.743. The molecule has 0 unspecified atom stereocenters. The molecule has 0 bridgehead atoms. The molecule has 0 saturated heterocycles. The average Bonchev–Trinajstić information content (AvgIpc) is 2.71. The molecule has 0 aliphatic rings. The maximum atomic E-state index is 11.5. The van der Waals surface area contributed by atoms with Gasteiger partial charge in [-0.3, -0.25) is 4.79 Å². The average molecular weight is 226 g/mol. The first-order chi connectivity index (χ1) is 7.77. The van der Waals surface area contributed by atoms with E-state index in [9.17, 15) is 4.79 Å². The van der Waals surface area contributed by atoms with Crippen LogP contribution in [-0.4, -0.2) is 35.8 Å². The van der Waals surface area contributed by atoms with Crippen LogP contribution in [-0.2, 0) is 22.7 Å². The molecule has 0 aliphatic carbocycles. The number of methoxy groups -OCH3 is 1. The van der Waals surface area contributed by atoms with Crippen LogP contribution in [0.15, 0.2) is 18.3 Å². The molecule has 0 saturated carbocycles. The van der Waals surface area contributed by atoms with E-state index in [0.717, 1.165) is 12.1 Å². The number of nitrogens with zero attached hydrogens (tertiary/aromatic N) is 1. The number of nitrogens with one attached hydrogen (secondary N) is 1. The molecule has 5 nitrogen and oxygen atoms in total. The van der Waals surface area contributed by atoms with Gasteiger partial charge in [0.25, 0.3) is 0 Å². The molecule has 5 heteroatoms. The SMILES string of the molecule is COCCCNC(=O)Cn1cccc1CO. The number of rotatable bonds is 7. The molecule has 0 atom stereocenters. The first-order valence-electron chi connectivity index (χ1n) is 5.28. The molecule has 1 heterocycles. The van der Waals surface area contributed by atoms with Crippen molar-refractivity contribution in [2.24, 2.45) is 0 Å². The minimum atomic E-state index is -0.0537. The van der Waals surface area contributed by atoms with Crippen molar-refractivity contribution in [3.8, 4) is 0 Å². The Balaban J connectivity index is 2.28. The monoisotopic (exact) mass is 226 g/mol. The van der Waals surface area contributed by atoms with Crippen LogP contribution in [0.2, 0.25) is 0 Å². The largest absolute Gasteiger partial charge is 0.390 e. The van der Waals surface area contributed by atoms with E-state index in [4.69, 9.17) is 9.84 Å². The van der Waals surface area contributed by atoms with Gasteiger partial charge in [-0.1, -0.05) is 0 Å². The molecule has 90 valence electrons. The number of hydrogen-bond donors (Lipinski definition) is 2. The fourth-order valence-corrected chi connectivity index (χ4v) is 1.40. The number of aliphatic hydroxyl groups excluding tert-OH is 1. The topological polar surface area (TPSA) is 63.5 Å². The van der Waals surface area contributed by atoms with Crippen molar-refractivity contribution in [2.75, 3.05) is 20.3 Å². The third-order valence-corrected chi connectivity index (χ3v) is 2.25. The van der Waals surface area contributed by atoms with E-state index in [-0.39, 0.29) is 19.1 Å². The standard InChI is InChI=1S/C11H18N2O3/c1-16-7-3-5-12-11(15)8-13-6-2-4-10(13)9-14/h2,4,6,14H,3,5,7-9H2,1H3,(H,12,15). The van der Waals surface area contributed by atoms with Crippen LogP contribution in [0.5, 0.6) is 0 Å². The van der Waals surface area contributed by atoms with Gasteiger partial charge in [0, 0.05) is 32.2 Å². The van der Waals surface area contributed by atoms with Crippen LogP contribution in [0, 0.1) is 0 Å². The van der Waals surface area contributed by atoms with Crippen LogP contribution in [0.1, 0.15) is 12.1 Å². The van der Waals surface area contributed by atoms with Crippen LogP contribution < -0.4 is 5.32 Å². The molecule has 0 aliphatic heterocycles. The van der Waals surface area contributed by atoms with Crippen LogP contribution in [0.3, 0.4) is 0 Å². The number of ether oxygens (including phenoxy) is 1. The van der Waals surface area contributed by atoms with Gasteiger partial charge in [0.05, 0.1) is 6.61 Å². The van der Waals surface area contributed by atoms with Crippen molar-refractivity contribution in [2.45, 2.75) is 19.6 Å². The second-order valence-electron chi connectivity index (χ2n) is 3.48. The second kappa shape index (κ2) is 7.03. The molecule has 1 rings (SSSR count). The number of aliphatic hydroxyl groups is 1. The lowest BCUT2D eigenvalue weighted by molar-refractivity contribution is -0.121. The predicted octanol–water partition coefficient (Wildman–Crippen LogP) is 0.133. The molecule has 0 radical (unpaired) electrons. The first kappa shape index (κ1) is 12.7. The number of amides is 1. The Labute approximate surface area is 95.0 Å². The minimum absolute atomic E-state index is 0.0516. The lowest BCUT2D eigenvalue weighted by Crippen LogP contribution is -2.29. The van der Waals surface area contributed by atoms with Gasteiger partial charge < -0.3 is 19.7 Å². The van der Waals surface area contributed by atoms with Gasteiger partial charge in [0.1, 0.15) is 6.54 Å². The van der Waals surface area contributed by atoms with Crippen molar-refractivity contribution in [3.05, 3.63) is 24.0 Å². The minimum Gasteiger partial charge on any atom is -0.390 e. The highest BCUT2D eigenvalue weighted by atomic mass is 16.5. The Hall–Kier alpha value is -1.33. The lowest BCUT2D eigenvalue weighted by Gasteiger charge is -2.08. The highest BCUT2D eigenvalue weighted by molar-refractivity contribution is 5.75. The van der Waals surface area contributed by atoms with Crippen molar-refractivity contribution in [1.82, 2.24) is 9.88 Å². The molecule has 0 fully saturated rings. The zero-order chi connectivity index (χ0) is 11.8.